The molecule has 0 radical (unpaired) electrons. The maximum atomic E-state index is 3.51. The van der Waals surface area contributed by atoms with Crippen molar-refractivity contribution < 1.29 is 0 Å². The third-order valence-corrected chi connectivity index (χ3v) is 5.46. The summed E-state index contributed by atoms with van der Waals surface area (Å²) in [5, 5.41) is 3.51. The first-order valence-corrected chi connectivity index (χ1v) is 8.60. The summed E-state index contributed by atoms with van der Waals surface area (Å²) >= 11 is 0. The van der Waals surface area contributed by atoms with Gasteiger partial charge in [-0.3, -0.25) is 4.90 Å². The van der Waals surface area contributed by atoms with E-state index in [0.29, 0.717) is 0 Å². The van der Waals surface area contributed by atoms with Crippen molar-refractivity contribution in [1.29, 1.82) is 0 Å². The Morgan fingerprint density at radius 1 is 0.773 bits per heavy atom. The third-order valence-electron chi connectivity index (χ3n) is 5.46. The lowest BCUT2D eigenvalue weighted by Gasteiger charge is -2.42. The first-order chi connectivity index (χ1) is 9.43. The SMILES string of the molecule is C1CCC(C(CN2CCCC2)N2CCNCC2)CC1.Cl.Cl.Cl. The van der Waals surface area contributed by atoms with E-state index in [2.05, 4.69) is 15.1 Å². The highest BCUT2D eigenvalue weighted by molar-refractivity contribution is 5.86. The van der Waals surface area contributed by atoms with Crippen LogP contribution in [0.2, 0.25) is 0 Å². The fourth-order valence-electron chi connectivity index (χ4n) is 4.33. The molecule has 1 N–H and O–H groups in total. The molecule has 2 saturated heterocycles. The molecule has 1 atom stereocenters. The Bertz CT molecular complexity index is 245. The zero-order valence-electron chi connectivity index (χ0n) is 13.7. The summed E-state index contributed by atoms with van der Waals surface area (Å²) in [6.07, 6.45) is 10.3. The Labute approximate surface area is 155 Å². The number of likely N-dealkylation sites (tertiary alicyclic amines) is 1. The minimum atomic E-state index is 0. The molecule has 2 aliphatic heterocycles. The molecule has 3 rings (SSSR count). The van der Waals surface area contributed by atoms with E-state index in [9.17, 15) is 0 Å². The van der Waals surface area contributed by atoms with Crippen LogP contribution in [0.1, 0.15) is 44.9 Å². The van der Waals surface area contributed by atoms with Gasteiger partial charge in [-0.1, -0.05) is 19.3 Å². The molecule has 3 nitrogen and oxygen atoms in total. The lowest BCUT2D eigenvalue weighted by Crippen LogP contribution is -2.54. The summed E-state index contributed by atoms with van der Waals surface area (Å²) in [6.45, 7) is 9.01. The molecular weight excluding hydrogens is 341 g/mol. The van der Waals surface area contributed by atoms with Crippen molar-refractivity contribution in [3.63, 3.8) is 0 Å². The zero-order valence-corrected chi connectivity index (χ0v) is 16.1. The van der Waals surface area contributed by atoms with Crippen LogP contribution >= 0.6 is 37.2 Å². The predicted molar refractivity (Wildman–Crippen MR) is 102 cm³/mol. The van der Waals surface area contributed by atoms with Crippen LogP contribution in [-0.2, 0) is 0 Å². The molecular formula is C16H34Cl3N3. The fraction of sp³-hybridized carbons (Fsp3) is 1.00. The van der Waals surface area contributed by atoms with Gasteiger partial charge in [-0.15, -0.1) is 37.2 Å². The van der Waals surface area contributed by atoms with Crippen LogP contribution in [0.15, 0.2) is 0 Å². The van der Waals surface area contributed by atoms with Gasteiger partial charge in [-0.2, -0.15) is 0 Å². The molecule has 0 aromatic rings. The summed E-state index contributed by atoms with van der Waals surface area (Å²) < 4.78 is 0. The van der Waals surface area contributed by atoms with Crippen LogP contribution in [-0.4, -0.2) is 61.7 Å². The van der Waals surface area contributed by atoms with Crippen molar-refractivity contribution >= 4 is 37.2 Å². The molecule has 0 amide bonds. The number of hydrogen-bond donors (Lipinski definition) is 1. The van der Waals surface area contributed by atoms with Gasteiger partial charge in [0.2, 0.25) is 0 Å². The molecule has 3 fully saturated rings. The van der Waals surface area contributed by atoms with E-state index in [1.54, 1.807) is 0 Å². The van der Waals surface area contributed by atoms with Crippen LogP contribution in [0, 0.1) is 5.92 Å². The van der Waals surface area contributed by atoms with E-state index in [1.165, 1.54) is 90.8 Å². The van der Waals surface area contributed by atoms with Crippen molar-refractivity contribution in [2.24, 2.45) is 5.92 Å². The average molecular weight is 375 g/mol. The predicted octanol–water partition coefficient (Wildman–Crippen LogP) is 3.20. The van der Waals surface area contributed by atoms with Crippen molar-refractivity contribution in [2.45, 2.75) is 51.0 Å². The van der Waals surface area contributed by atoms with Gasteiger partial charge in [0.1, 0.15) is 0 Å². The molecule has 0 aromatic heterocycles. The summed E-state index contributed by atoms with van der Waals surface area (Å²) in [5.74, 6) is 0.979. The molecule has 0 spiro atoms. The van der Waals surface area contributed by atoms with Gasteiger partial charge in [-0.25, -0.2) is 0 Å². The number of nitrogens with one attached hydrogen (secondary N) is 1. The van der Waals surface area contributed by atoms with Crippen LogP contribution in [0.5, 0.6) is 0 Å². The van der Waals surface area contributed by atoms with E-state index in [1.807, 2.05) is 0 Å². The maximum Gasteiger partial charge on any atom is 0.0252 e. The van der Waals surface area contributed by atoms with Gasteiger partial charge in [0, 0.05) is 38.8 Å². The first kappa shape index (κ1) is 22.8. The number of nitrogens with zero attached hydrogens (tertiary/aromatic N) is 2. The lowest BCUT2D eigenvalue weighted by molar-refractivity contribution is 0.0757. The van der Waals surface area contributed by atoms with E-state index in [0.717, 1.165) is 12.0 Å². The molecule has 6 heteroatoms. The van der Waals surface area contributed by atoms with E-state index >= 15 is 0 Å². The molecule has 1 saturated carbocycles. The lowest BCUT2D eigenvalue weighted by atomic mass is 9.82. The van der Waals surface area contributed by atoms with Crippen molar-refractivity contribution in [3.05, 3.63) is 0 Å². The van der Waals surface area contributed by atoms with Crippen LogP contribution in [0.4, 0.5) is 0 Å². The summed E-state index contributed by atoms with van der Waals surface area (Å²) in [7, 11) is 0. The van der Waals surface area contributed by atoms with Gasteiger partial charge >= 0.3 is 0 Å². The highest BCUT2D eigenvalue weighted by atomic mass is 35.5. The van der Waals surface area contributed by atoms with Crippen molar-refractivity contribution in [3.8, 4) is 0 Å². The monoisotopic (exact) mass is 373 g/mol. The van der Waals surface area contributed by atoms with Gasteiger partial charge < -0.3 is 10.2 Å². The topological polar surface area (TPSA) is 18.5 Å². The maximum absolute atomic E-state index is 3.51. The molecule has 2 heterocycles. The molecule has 1 aliphatic carbocycles. The van der Waals surface area contributed by atoms with Gasteiger partial charge in [0.25, 0.3) is 0 Å². The molecule has 0 aromatic carbocycles. The molecule has 0 bridgehead atoms. The highest BCUT2D eigenvalue weighted by Gasteiger charge is 2.31. The van der Waals surface area contributed by atoms with Crippen LogP contribution in [0.3, 0.4) is 0 Å². The van der Waals surface area contributed by atoms with Crippen molar-refractivity contribution in [2.75, 3.05) is 45.8 Å². The summed E-state index contributed by atoms with van der Waals surface area (Å²) in [6, 6.07) is 0.848. The summed E-state index contributed by atoms with van der Waals surface area (Å²) in [5.41, 5.74) is 0. The quantitative estimate of drug-likeness (QED) is 0.815. The number of piperazine rings is 1. The number of rotatable bonds is 4. The van der Waals surface area contributed by atoms with Gasteiger partial charge in [-0.05, 0) is 44.7 Å². The number of halogens is 3. The first-order valence-electron chi connectivity index (χ1n) is 8.60. The normalized spacial score (nSPS) is 25.6. The third kappa shape index (κ3) is 6.33. The Morgan fingerprint density at radius 3 is 1.95 bits per heavy atom. The Hall–Kier alpha value is 0.750. The molecule has 22 heavy (non-hydrogen) atoms. The van der Waals surface area contributed by atoms with Gasteiger partial charge in [0.05, 0.1) is 0 Å². The molecule has 3 aliphatic rings. The minimum Gasteiger partial charge on any atom is -0.314 e. The van der Waals surface area contributed by atoms with E-state index in [4.69, 9.17) is 0 Å². The fourth-order valence-corrected chi connectivity index (χ4v) is 4.33. The number of hydrogen-bond acceptors (Lipinski definition) is 3. The second kappa shape index (κ2) is 12.2. The Balaban J connectivity index is 0.00000147. The summed E-state index contributed by atoms with van der Waals surface area (Å²) in [4.78, 5) is 5.55. The largest absolute Gasteiger partial charge is 0.314 e. The van der Waals surface area contributed by atoms with E-state index in [-0.39, 0.29) is 37.2 Å². The molecule has 134 valence electrons. The second-order valence-electron chi connectivity index (χ2n) is 6.76. The van der Waals surface area contributed by atoms with Crippen molar-refractivity contribution in [1.82, 2.24) is 15.1 Å². The van der Waals surface area contributed by atoms with Crippen LogP contribution in [0.25, 0.3) is 0 Å². The zero-order chi connectivity index (χ0) is 12.9. The van der Waals surface area contributed by atoms with Crippen LogP contribution < -0.4 is 5.32 Å². The Kier molecular flexibility index (Phi) is 12.6. The highest BCUT2D eigenvalue weighted by Crippen LogP contribution is 2.30. The average Bonchev–Trinajstić information content (AvgIpc) is 3.00. The Morgan fingerprint density at radius 2 is 1.36 bits per heavy atom. The second-order valence-corrected chi connectivity index (χ2v) is 6.76. The van der Waals surface area contributed by atoms with Gasteiger partial charge in [0.15, 0.2) is 0 Å². The smallest absolute Gasteiger partial charge is 0.0252 e. The minimum absolute atomic E-state index is 0. The standard InChI is InChI=1S/C16H31N3.3ClH/c1-2-6-15(7-3-1)16(14-18-10-4-5-11-18)19-12-8-17-9-13-19;;;/h15-17H,1-14H2;3*1H. The molecule has 1 unspecified atom stereocenters. The van der Waals surface area contributed by atoms with E-state index < -0.39 is 0 Å².